The molecule has 13 heavy (non-hydrogen) atoms. The molecule has 1 aromatic heterocycles. The van der Waals surface area contributed by atoms with Crippen molar-refractivity contribution in [3.63, 3.8) is 0 Å². The first kappa shape index (κ1) is 9.66. The number of hydrogen-bond donors (Lipinski definition) is 2. The predicted octanol–water partition coefficient (Wildman–Crippen LogP) is -1.26. The molecular weight excluding hydrogens is 170 g/mol. The van der Waals surface area contributed by atoms with Gasteiger partial charge in [0.15, 0.2) is 0 Å². The second-order valence-corrected chi connectivity index (χ2v) is 2.63. The Bertz CT molecular complexity index is 258. The van der Waals surface area contributed by atoms with Crippen LogP contribution in [0.3, 0.4) is 0 Å². The minimum absolute atomic E-state index is 0.377. The monoisotopic (exact) mass is 183 g/mol. The van der Waals surface area contributed by atoms with Crippen LogP contribution >= 0.6 is 0 Å². The summed E-state index contributed by atoms with van der Waals surface area (Å²) in [5, 5.41) is 6.84. The Kier molecular flexibility index (Phi) is 3.39. The van der Waals surface area contributed by atoms with Crippen molar-refractivity contribution < 1.29 is 4.79 Å². The van der Waals surface area contributed by atoms with Crippen LogP contribution in [0.15, 0.2) is 12.7 Å². The number of rotatable bonds is 5. The fourth-order valence-corrected chi connectivity index (χ4v) is 1.02. The molecule has 3 N–H and O–H groups in total. The summed E-state index contributed by atoms with van der Waals surface area (Å²) in [6.45, 7) is 3.03. The summed E-state index contributed by atoms with van der Waals surface area (Å²) in [6, 6.07) is -0.383. The zero-order valence-electron chi connectivity index (χ0n) is 7.47. The van der Waals surface area contributed by atoms with E-state index in [0.717, 1.165) is 0 Å². The smallest absolute Gasteiger partial charge is 0.236 e. The average molecular weight is 183 g/mol. The number of likely N-dealkylation sites (N-methyl/N-ethyl adjacent to an activating group) is 1. The van der Waals surface area contributed by atoms with Gasteiger partial charge in [0.2, 0.25) is 5.91 Å². The maximum atomic E-state index is 10.9. The molecular formula is C7H13N5O. The first-order valence-corrected chi connectivity index (χ1v) is 4.09. The van der Waals surface area contributed by atoms with E-state index >= 15 is 0 Å². The van der Waals surface area contributed by atoms with E-state index in [1.807, 2.05) is 6.92 Å². The van der Waals surface area contributed by atoms with Crippen LogP contribution in [0.1, 0.15) is 6.92 Å². The van der Waals surface area contributed by atoms with E-state index in [-0.39, 0.29) is 11.9 Å². The molecule has 0 spiro atoms. The molecule has 0 aliphatic heterocycles. The number of primary amides is 1. The van der Waals surface area contributed by atoms with Gasteiger partial charge in [0.1, 0.15) is 18.7 Å². The van der Waals surface area contributed by atoms with E-state index in [9.17, 15) is 4.79 Å². The lowest BCUT2D eigenvalue weighted by Gasteiger charge is -2.13. The first-order chi connectivity index (χ1) is 6.24. The summed E-state index contributed by atoms with van der Waals surface area (Å²) in [6.07, 6.45) is 2.97. The van der Waals surface area contributed by atoms with Crippen LogP contribution in [-0.2, 0) is 11.3 Å². The lowest BCUT2D eigenvalue weighted by Crippen LogP contribution is -2.44. The van der Waals surface area contributed by atoms with E-state index in [0.29, 0.717) is 13.1 Å². The third-order valence-electron chi connectivity index (χ3n) is 1.63. The van der Waals surface area contributed by atoms with Gasteiger partial charge in [0.05, 0.1) is 6.54 Å². The summed E-state index contributed by atoms with van der Waals surface area (Å²) in [4.78, 5) is 14.7. The van der Waals surface area contributed by atoms with Crippen molar-refractivity contribution in [1.29, 1.82) is 0 Å². The second-order valence-electron chi connectivity index (χ2n) is 2.63. The Balaban J connectivity index is 2.52. The highest BCUT2D eigenvalue weighted by molar-refractivity contribution is 5.79. The maximum absolute atomic E-state index is 10.9. The van der Waals surface area contributed by atoms with E-state index in [4.69, 9.17) is 5.73 Å². The molecule has 0 bridgehead atoms. The van der Waals surface area contributed by atoms with Gasteiger partial charge in [-0.1, -0.05) is 6.92 Å². The van der Waals surface area contributed by atoms with Crippen LogP contribution in [0.4, 0.5) is 0 Å². The van der Waals surface area contributed by atoms with Gasteiger partial charge in [-0.3, -0.25) is 9.48 Å². The van der Waals surface area contributed by atoms with E-state index in [1.54, 1.807) is 11.0 Å². The molecule has 0 fully saturated rings. The lowest BCUT2D eigenvalue weighted by molar-refractivity contribution is -0.120. The predicted molar refractivity (Wildman–Crippen MR) is 46.7 cm³/mol. The Morgan fingerprint density at radius 1 is 1.77 bits per heavy atom. The summed E-state index contributed by atoms with van der Waals surface area (Å²) < 4.78 is 1.57. The highest BCUT2D eigenvalue weighted by Crippen LogP contribution is 1.88. The molecule has 0 aromatic carbocycles. The van der Waals surface area contributed by atoms with Crippen molar-refractivity contribution in [2.75, 3.05) is 6.54 Å². The number of hydrogen-bond acceptors (Lipinski definition) is 4. The molecule has 1 atom stereocenters. The largest absolute Gasteiger partial charge is 0.368 e. The summed E-state index contributed by atoms with van der Waals surface area (Å²) in [5.41, 5.74) is 5.18. The Morgan fingerprint density at radius 2 is 2.54 bits per heavy atom. The van der Waals surface area contributed by atoms with Crippen molar-refractivity contribution in [3.05, 3.63) is 12.7 Å². The maximum Gasteiger partial charge on any atom is 0.236 e. The number of nitrogens with one attached hydrogen (secondary N) is 1. The molecule has 0 aliphatic rings. The average Bonchev–Trinajstić information content (AvgIpc) is 2.56. The van der Waals surface area contributed by atoms with Crippen molar-refractivity contribution in [2.45, 2.75) is 19.5 Å². The van der Waals surface area contributed by atoms with E-state index in [2.05, 4.69) is 15.4 Å². The highest BCUT2D eigenvalue weighted by atomic mass is 16.1. The van der Waals surface area contributed by atoms with Crippen molar-refractivity contribution in [1.82, 2.24) is 20.1 Å². The number of carbonyl (C=O) groups is 1. The van der Waals surface area contributed by atoms with Crippen LogP contribution < -0.4 is 11.1 Å². The molecule has 72 valence electrons. The van der Waals surface area contributed by atoms with Crippen LogP contribution in [0.2, 0.25) is 0 Å². The number of nitrogens with zero attached hydrogens (tertiary/aromatic N) is 3. The van der Waals surface area contributed by atoms with Crippen LogP contribution in [0.5, 0.6) is 0 Å². The van der Waals surface area contributed by atoms with Gasteiger partial charge >= 0.3 is 0 Å². The fraction of sp³-hybridized carbons (Fsp3) is 0.571. The van der Waals surface area contributed by atoms with Gasteiger partial charge in [-0.2, -0.15) is 5.10 Å². The minimum atomic E-state index is -0.383. The summed E-state index contributed by atoms with van der Waals surface area (Å²) in [5.74, 6) is -0.377. The van der Waals surface area contributed by atoms with Crippen LogP contribution in [0, 0.1) is 0 Å². The van der Waals surface area contributed by atoms with Crippen LogP contribution in [0.25, 0.3) is 0 Å². The quantitative estimate of drug-likeness (QED) is 0.596. The molecule has 1 amide bonds. The molecule has 0 saturated heterocycles. The molecule has 6 nitrogen and oxygen atoms in total. The van der Waals surface area contributed by atoms with Gasteiger partial charge in [-0.05, 0) is 6.54 Å². The Hall–Kier alpha value is -1.43. The van der Waals surface area contributed by atoms with Gasteiger partial charge in [0, 0.05) is 0 Å². The molecule has 1 unspecified atom stereocenters. The van der Waals surface area contributed by atoms with Gasteiger partial charge in [-0.15, -0.1) is 0 Å². The van der Waals surface area contributed by atoms with Crippen molar-refractivity contribution in [2.24, 2.45) is 5.73 Å². The summed E-state index contributed by atoms with van der Waals surface area (Å²) in [7, 11) is 0. The fourth-order valence-electron chi connectivity index (χ4n) is 1.02. The minimum Gasteiger partial charge on any atom is -0.368 e. The SMILES string of the molecule is CCNC(Cn1cncn1)C(N)=O. The molecule has 6 heteroatoms. The topological polar surface area (TPSA) is 85.8 Å². The molecule has 1 rings (SSSR count). The molecule has 0 saturated carbocycles. The standard InChI is InChI=1S/C7H13N5O/c1-2-10-6(7(8)13)3-12-5-9-4-11-12/h4-6,10H,2-3H2,1H3,(H2,8,13). The van der Waals surface area contributed by atoms with Gasteiger partial charge < -0.3 is 11.1 Å². The third kappa shape index (κ3) is 2.83. The zero-order valence-corrected chi connectivity index (χ0v) is 7.47. The Labute approximate surface area is 76.1 Å². The second kappa shape index (κ2) is 4.56. The molecule has 0 radical (unpaired) electrons. The number of carbonyl (C=O) groups excluding carboxylic acids is 1. The number of amides is 1. The lowest BCUT2D eigenvalue weighted by atomic mass is 10.3. The Morgan fingerprint density at radius 3 is 3.00 bits per heavy atom. The molecule has 0 aliphatic carbocycles. The third-order valence-corrected chi connectivity index (χ3v) is 1.63. The van der Waals surface area contributed by atoms with Crippen molar-refractivity contribution in [3.8, 4) is 0 Å². The zero-order chi connectivity index (χ0) is 9.68. The van der Waals surface area contributed by atoms with Crippen molar-refractivity contribution >= 4 is 5.91 Å². The number of aromatic nitrogens is 3. The first-order valence-electron chi connectivity index (χ1n) is 4.09. The van der Waals surface area contributed by atoms with E-state index in [1.165, 1.54) is 6.33 Å². The molecule has 1 aromatic rings. The van der Waals surface area contributed by atoms with Crippen LogP contribution in [-0.4, -0.2) is 33.3 Å². The molecule has 1 heterocycles. The van der Waals surface area contributed by atoms with Gasteiger partial charge in [0.25, 0.3) is 0 Å². The van der Waals surface area contributed by atoms with E-state index < -0.39 is 0 Å². The summed E-state index contributed by atoms with van der Waals surface area (Å²) >= 11 is 0. The normalized spacial score (nSPS) is 12.7. The number of nitrogens with two attached hydrogens (primary N) is 1. The van der Waals surface area contributed by atoms with Gasteiger partial charge in [-0.25, -0.2) is 4.98 Å². The highest BCUT2D eigenvalue weighted by Gasteiger charge is 2.14.